The van der Waals surface area contributed by atoms with Crippen molar-refractivity contribution >= 4 is 56.1 Å². The average molecular weight is 933 g/mol. The average Bonchev–Trinajstić information content (AvgIpc) is 4.15. The van der Waals surface area contributed by atoms with Crippen molar-refractivity contribution in [1.82, 2.24) is 0 Å². The molecule has 0 fully saturated rings. The minimum atomic E-state index is -0.436. The van der Waals surface area contributed by atoms with E-state index in [1.165, 1.54) is 77.9 Å². The van der Waals surface area contributed by atoms with Crippen molar-refractivity contribution in [2.45, 2.75) is 24.7 Å². The second-order valence-electron chi connectivity index (χ2n) is 20.3. The van der Waals surface area contributed by atoms with Crippen molar-refractivity contribution in [2.75, 3.05) is 9.80 Å². The third-order valence-corrected chi connectivity index (χ3v) is 16.3. The highest BCUT2D eigenvalue weighted by atomic mass is 16.3. The number of hydrogen-bond donors (Lipinski definition) is 0. The molecule has 3 nitrogen and oxygen atoms in total. The Morgan fingerprint density at radius 3 is 1.41 bits per heavy atom. The molecule has 0 atom stereocenters. The van der Waals surface area contributed by atoms with Gasteiger partial charge in [-0.1, -0.05) is 196 Å². The molecule has 3 heteroatoms. The molecule has 73 heavy (non-hydrogen) atoms. The van der Waals surface area contributed by atoms with Gasteiger partial charge in [0.05, 0.1) is 11.1 Å². The smallest absolute Gasteiger partial charge is 0.159 e. The van der Waals surface area contributed by atoms with Crippen LogP contribution in [-0.4, -0.2) is 0 Å². The molecule has 0 N–H and O–H groups in total. The molecule has 344 valence electrons. The van der Waals surface area contributed by atoms with Crippen LogP contribution in [0.5, 0.6) is 0 Å². The Labute approximate surface area is 425 Å². The van der Waals surface area contributed by atoms with Crippen LogP contribution >= 0.6 is 0 Å². The van der Waals surface area contributed by atoms with Crippen molar-refractivity contribution < 1.29 is 4.42 Å². The van der Waals surface area contributed by atoms with E-state index in [2.05, 4.69) is 278 Å². The highest BCUT2D eigenvalue weighted by Crippen LogP contribution is 2.64. The molecule has 0 saturated heterocycles. The predicted octanol–water partition coefficient (Wildman–Crippen LogP) is 18.8. The van der Waals surface area contributed by atoms with Gasteiger partial charge in [0.25, 0.3) is 0 Å². The fourth-order valence-corrected chi connectivity index (χ4v) is 13.1. The second kappa shape index (κ2) is 15.7. The summed E-state index contributed by atoms with van der Waals surface area (Å²) < 4.78 is 7.21. The van der Waals surface area contributed by atoms with E-state index < -0.39 is 5.41 Å². The zero-order valence-electron chi connectivity index (χ0n) is 40.6. The third kappa shape index (κ3) is 5.88. The van der Waals surface area contributed by atoms with E-state index >= 15 is 0 Å². The van der Waals surface area contributed by atoms with Crippen LogP contribution in [0.1, 0.15) is 47.2 Å². The molecule has 12 aromatic rings. The van der Waals surface area contributed by atoms with Crippen LogP contribution in [-0.2, 0) is 10.8 Å². The van der Waals surface area contributed by atoms with Gasteiger partial charge in [0, 0.05) is 44.6 Å². The van der Waals surface area contributed by atoms with Crippen LogP contribution < -0.4 is 9.80 Å². The van der Waals surface area contributed by atoms with Gasteiger partial charge in [0.15, 0.2) is 5.58 Å². The highest BCUT2D eigenvalue weighted by molar-refractivity contribution is 6.19. The number of para-hydroxylation sites is 3. The molecule has 1 aromatic heterocycles. The molecular weight excluding hydrogens is 885 g/mol. The van der Waals surface area contributed by atoms with Gasteiger partial charge in [0.1, 0.15) is 5.58 Å². The van der Waals surface area contributed by atoms with Crippen LogP contribution in [0.3, 0.4) is 0 Å². The molecule has 11 aromatic carbocycles. The Kier molecular flexibility index (Phi) is 8.92. The molecule has 0 radical (unpaired) electrons. The normalized spacial score (nSPS) is 13.8. The summed E-state index contributed by atoms with van der Waals surface area (Å²) in [4.78, 5) is 4.77. The fraction of sp³-hybridized carbons (Fsp3) is 0.0571. The number of rotatable bonds is 7. The maximum absolute atomic E-state index is 7.21. The topological polar surface area (TPSA) is 19.6 Å². The molecule has 0 amide bonds. The summed E-state index contributed by atoms with van der Waals surface area (Å²) >= 11 is 0. The van der Waals surface area contributed by atoms with Crippen molar-refractivity contribution in [1.29, 1.82) is 0 Å². The van der Waals surface area contributed by atoms with E-state index in [9.17, 15) is 0 Å². The molecule has 3 aliphatic carbocycles. The molecule has 0 bridgehead atoms. The number of benzene rings is 11. The molecule has 0 unspecified atom stereocenters. The van der Waals surface area contributed by atoms with E-state index in [4.69, 9.17) is 4.42 Å². The van der Waals surface area contributed by atoms with Crippen molar-refractivity contribution in [3.63, 3.8) is 0 Å². The molecule has 3 aliphatic rings. The monoisotopic (exact) mass is 932 g/mol. The molecule has 1 heterocycles. The highest BCUT2D eigenvalue weighted by Gasteiger charge is 2.52. The van der Waals surface area contributed by atoms with Crippen LogP contribution in [0, 0.1) is 0 Å². The molecule has 0 saturated carbocycles. The lowest BCUT2D eigenvalue weighted by molar-refractivity contribution is 0.660. The predicted molar refractivity (Wildman–Crippen MR) is 302 cm³/mol. The van der Waals surface area contributed by atoms with Crippen LogP contribution in [0.15, 0.2) is 259 Å². The lowest BCUT2D eigenvalue weighted by Gasteiger charge is -2.30. The molecular formula is C70H48N2O. The van der Waals surface area contributed by atoms with Gasteiger partial charge in [-0.3, -0.25) is 0 Å². The van der Waals surface area contributed by atoms with Gasteiger partial charge in [-0.15, -0.1) is 0 Å². The Morgan fingerprint density at radius 1 is 0.329 bits per heavy atom. The number of fused-ring (bicyclic) bond motifs is 17. The van der Waals surface area contributed by atoms with Gasteiger partial charge in [0.2, 0.25) is 0 Å². The number of hydrogen-bond acceptors (Lipinski definition) is 3. The number of anilines is 6. The lowest BCUT2D eigenvalue weighted by atomic mass is 9.70. The first kappa shape index (κ1) is 41.6. The van der Waals surface area contributed by atoms with Crippen molar-refractivity contribution in [3.8, 4) is 44.5 Å². The standard InChI is InChI=1S/C70H48N2O/c1-69(2)62-43-50(71(47-21-8-4-9-22-47)49-35-33-46(34-36-49)45-19-6-3-7-20-45)37-39-54(62)55-40-38-51(44-63(55)69)72(48-23-10-5-11-24-48)64-32-18-28-57-67-65(73-68(57)64)42-41-61-66(67)56-27-14-17-31-60(56)70(61)58-29-15-12-25-52(58)53-26-13-16-30-59(53)70/h3-44H,1-2H3. The maximum Gasteiger partial charge on any atom is 0.159 e. The number of furan rings is 1. The first-order chi connectivity index (χ1) is 36.0. The third-order valence-electron chi connectivity index (χ3n) is 16.3. The van der Waals surface area contributed by atoms with Gasteiger partial charge >= 0.3 is 0 Å². The van der Waals surface area contributed by atoms with Gasteiger partial charge < -0.3 is 14.2 Å². The minimum Gasteiger partial charge on any atom is -0.454 e. The first-order valence-electron chi connectivity index (χ1n) is 25.4. The summed E-state index contributed by atoms with van der Waals surface area (Å²) in [5.74, 6) is 0. The zero-order chi connectivity index (χ0) is 48.4. The fourth-order valence-electron chi connectivity index (χ4n) is 13.1. The Bertz CT molecular complexity index is 4120. The molecule has 0 aliphatic heterocycles. The summed E-state index contributed by atoms with van der Waals surface area (Å²) in [6, 6.07) is 93.5. The van der Waals surface area contributed by atoms with E-state index in [1.807, 2.05) is 0 Å². The van der Waals surface area contributed by atoms with E-state index in [0.29, 0.717) is 0 Å². The summed E-state index contributed by atoms with van der Waals surface area (Å²) in [7, 11) is 0. The summed E-state index contributed by atoms with van der Waals surface area (Å²) in [5, 5.41) is 2.27. The number of nitrogens with zero attached hydrogens (tertiary/aromatic N) is 2. The quantitative estimate of drug-likeness (QED) is 0.159. The van der Waals surface area contributed by atoms with E-state index in [0.717, 1.165) is 56.1 Å². The Balaban J connectivity index is 0.867. The van der Waals surface area contributed by atoms with Crippen LogP contribution in [0.2, 0.25) is 0 Å². The maximum atomic E-state index is 7.21. The summed E-state index contributed by atoms with van der Waals surface area (Å²) in [6.07, 6.45) is 0. The minimum absolute atomic E-state index is 0.300. The SMILES string of the molecule is CC1(C)c2cc(N(c3ccccc3)c3ccc(-c4ccccc4)cc3)ccc2-c2ccc(N(c3ccccc3)c3cccc4c3oc3ccc5c(c34)-c3ccccc3C53c4ccccc4-c4ccccc43)cc21. The Morgan fingerprint density at radius 2 is 0.795 bits per heavy atom. The molecule has 1 spiro atoms. The first-order valence-corrected chi connectivity index (χ1v) is 25.4. The summed E-state index contributed by atoms with van der Waals surface area (Å²) in [6.45, 7) is 4.76. The van der Waals surface area contributed by atoms with Crippen LogP contribution in [0.25, 0.3) is 66.4 Å². The van der Waals surface area contributed by atoms with Crippen LogP contribution in [0.4, 0.5) is 34.1 Å². The van der Waals surface area contributed by atoms with Gasteiger partial charge in [-0.25, -0.2) is 0 Å². The van der Waals surface area contributed by atoms with E-state index in [1.54, 1.807) is 0 Å². The second-order valence-corrected chi connectivity index (χ2v) is 20.3. The van der Waals surface area contributed by atoms with E-state index in [-0.39, 0.29) is 5.41 Å². The van der Waals surface area contributed by atoms with Gasteiger partial charge in [-0.2, -0.15) is 0 Å². The summed E-state index contributed by atoms with van der Waals surface area (Å²) in [5.41, 5.74) is 25.5. The zero-order valence-corrected chi connectivity index (χ0v) is 40.6. The molecule has 15 rings (SSSR count). The van der Waals surface area contributed by atoms with Crippen molar-refractivity contribution in [2.24, 2.45) is 0 Å². The lowest BCUT2D eigenvalue weighted by Crippen LogP contribution is -2.25. The van der Waals surface area contributed by atoms with Gasteiger partial charge in [-0.05, 0) is 151 Å². The largest absolute Gasteiger partial charge is 0.454 e. The van der Waals surface area contributed by atoms with Crippen molar-refractivity contribution in [3.05, 3.63) is 288 Å². The Hall–Kier alpha value is -9.18.